The largest absolute Gasteiger partial charge is 0.331 e. The summed E-state index contributed by atoms with van der Waals surface area (Å²) in [5.74, 6) is 0. The molecule has 0 atom stereocenters. The predicted molar refractivity (Wildman–Crippen MR) is 74.6 cm³/mol. The van der Waals surface area contributed by atoms with Crippen molar-refractivity contribution in [3.8, 4) is 0 Å². The molecule has 0 saturated heterocycles. The first-order chi connectivity index (χ1) is 7.56. The average molecular weight is 226 g/mol. The van der Waals surface area contributed by atoms with Crippen LogP contribution in [-0.2, 0) is 0 Å². The van der Waals surface area contributed by atoms with Crippen molar-refractivity contribution in [3.05, 3.63) is 12.2 Å². The van der Waals surface area contributed by atoms with E-state index in [0.29, 0.717) is 0 Å². The van der Waals surface area contributed by atoms with E-state index in [-0.39, 0.29) is 0 Å². The van der Waals surface area contributed by atoms with E-state index in [4.69, 9.17) is 0 Å². The molecule has 0 rings (SSSR count). The molecular formula is C15H32N+. The van der Waals surface area contributed by atoms with Crippen molar-refractivity contribution in [2.24, 2.45) is 0 Å². The minimum Gasteiger partial charge on any atom is -0.331 e. The number of allylic oxidation sites excluding steroid dienone is 2. The molecule has 1 nitrogen and oxygen atoms in total. The maximum Gasteiger partial charge on any atom is 0.0780 e. The predicted octanol–water partition coefficient (Wildman–Crippen LogP) is 4.39. The van der Waals surface area contributed by atoms with Gasteiger partial charge in [-0.25, -0.2) is 0 Å². The van der Waals surface area contributed by atoms with E-state index >= 15 is 0 Å². The monoisotopic (exact) mass is 226 g/mol. The summed E-state index contributed by atoms with van der Waals surface area (Å²) in [7, 11) is 6.83. The molecule has 0 saturated carbocycles. The van der Waals surface area contributed by atoms with Crippen LogP contribution in [-0.4, -0.2) is 32.2 Å². The van der Waals surface area contributed by atoms with Crippen molar-refractivity contribution >= 4 is 0 Å². The summed E-state index contributed by atoms with van der Waals surface area (Å²) < 4.78 is 1.11. The lowest BCUT2D eigenvalue weighted by Crippen LogP contribution is -2.35. The van der Waals surface area contributed by atoms with E-state index in [0.717, 1.165) is 4.48 Å². The molecule has 0 aliphatic rings. The average Bonchev–Trinajstić information content (AvgIpc) is 2.19. The number of rotatable bonds is 10. The molecule has 96 valence electrons. The third-order valence-electron chi connectivity index (χ3n) is 2.85. The summed E-state index contributed by atoms with van der Waals surface area (Å²) in [5.41, 5.74) is 0. The lowest BCUT2D eigenvalue weighted by atomic mass is 10.1. The zero-order valence-corrected chi connectivity index (χ0v) is 12.0. The molecular weight excluding hydrogens is 194 g/mol. The van der Waals surface area contributed by atoms with Gasteiger partial charge in [0.15, 0.2) is 0 Å². The SMILES string of the molecule is CCC=CCCCCCCCC[N+](C)(C)C. The van der Waals surface area contributed by atoms with Crippen molar-refractivity contribution in [3.63, 3.8) is 0 Å². The van der Waals surface area contributed by atoms with Crippen molar-refractivity contribution in [2.45, 2.75) is 58.3 Å². The Morgan fingerprint density at radius 3 is 1.88 bits per heavy atom. The Labute approximate surface area is 103 Å². The molecule has 0 amide bonds. The topological polar surface area (TPSA) is 0 Å². The van der Waals surface area contributed by atoms with Crippen LogP contribution in [0.5, 0.6) is 0 Å². The van der Waals surface area contributed by atoms with E-state index in [1.54, 1.807) is 0 Å². The van der Waals surface area contributed by atoms with Crippen molar-refractivity contribution in [1.82, 2.24) is 0 Å². The maximum absolute atomic E-state index is 2.33. The highest BCUT2D eigenvalue weighted by atomic mass is 15.3. The van der Waals surface area contributed by atoms with E-state index < -0.39 is 0 Å². The Kier molecular flexibility index (Phi) is 9.71. The zero-order valence-electron chi connectivity index (χ0n) is 12.0. The van der Waals surface area contributed by atoms with Crippen LogP contribution >= 0.6 is 0 Å². The third-order valence-corrected chi connectivity index (χ3v) is 2.85. The van der Waals surface area contributed by atoms with Crippen LogP contribution in [0.15, 0.2) is 12.2 Å². The van der Waals surface area contributed by atoms with E-state index in [2.05, 4.69) is 40.2 Å². The Bertz CT molecular complexity index is 165. The minimum atomic E-state index is 1.11. The van der Waals surface area contributed by atoms with Gasteiger partial charge in [0.25, 0.3) is 0 Å². The summed E-state index contributed by atoms with van der Waals surface area (Å²) in [4.78, 5) is 0. The molecule has 0 aliphatic carbocycles. The Hall–Kier alpha value is -0.300. The Morgan fingerprint density at radius 2 is 1.31 bits per heavy atom. The number of quaternary nitrogens is 1. The molecule has 0 radical (unpaired) electrons. The number of hydrogen-bond acceptors (Lipinski definition) is 0. The lowest BCUT2D eigenvalue weighted by molar-refractivity contribution is -0.870. The Morgan fingerprint density at radius 1 is 0.750 bits per heavy atom. The van der Waals surface area contributed by atoms with Crippen LogP contribution in [0.2, 0.25) is 0 Å². The highest BCUT2D eigenvalue weighted by molar-refractivity contribution is 4.79. The van der Waals surface area contributed by atoms with Gasteiger partial charge >= 0.3 is 0 Å². The fraction of sp³-hybridized carbons (Fsp3) is 0.867. The number of unbranched alkanes of at least 4 members (excludes halogenated alkanes) is 6. The van der Waals surface area contributed by atoms with Crippen molar-refractivity contribution < 1.29 is 4.48 Å². The van der Waals surface area contributed by atoms with Crippen LogP contribution in [0.1, 0.15) is 58.3 Å². The van der Waals surface area contributed by atoms with Gasteiger partial charge in [0.2, 0.25) is 0 Å². The molecule has 1 heteroatoms. The van der Waals surface area contributed by atoms with Gasteiger partial charge in [-0.15, -0.1) is 0 Å². The smallest absolute Gasteiger partial charge is 0.0780 e. The molecule has 0 aromatic rings. The molecule has 0 fully saturated rings. The number of nitrogens with zero attached hydrogens (tertiary/aromatic N) is 1. The summed E-state index contributed by atoms with van der Waals surface area (Å²) in [6, 6.07) is 0. The molecule has 0 aromatic carbocycles. The van der Waals surface area contributed by atoms with Gasteiger partial charge in [-0.1, -0.05) is 38.3 Å². The van der Waals surface area contributed by atoms with Crippen molar-refractivity contribution in [1.29, 1.82) is 0 Å². The van der Waals surface area contributed by atoms with Crippen molar-refractivity contribution in [2.75, 3.05) is 27.7 Å². The fourth-order valence-corrected chi connectivity index (χ4v) is 1.84. The third kappa shape index (κ3) is 13.7. The molecule has 0 aliphatic heterocycles. The van der Waals surface area contributed by atoms with Gasteiger partial charge in [-0.3, -0.25) is 0 Å². The van der Waals surface area contributed by atoms with Gasteiger partial charge in [0.1, 0.15) is 0 Å². The highest BCUT2D eigenvalue weighted by Gasteiger charge is 2.04. The van der Waals surface area contributed by atoms with Gasteiger partial charge in [0.05, 0.1) is 27.7 Å². The van der Waals surface area contributed by atoms with Crippen LogP contribution in [0.4, 0.5) is 0 Å². The highest BCUT2D eigenvalue weighted by Crippen LogP contribution is 2.08. The lowest BCUT2D eigenvalue weighted by Gasteiger charge is -2.23. The second-order valence-corrected chi connectivity index (χ2v) is 5.80. The van der Waals surface area contributed by atoms with Crippen LogP contribution in [0.3, 0.4) is 0 Å². The first-order valence-electron chi connectivity index (χ1n) is 7.01. The van der Waals surface area contributed by atoms with Crippen LogP contribution in [0, 0.1) is 0 Å². The summed E-state index contributed by atoms with van der Waals surface area (Å²) in [6.07, 6.45) is 15.5. The summed E-state index contributed by atoms with van der Waals surface area (Å²) in [5, 5.41) is 0. The quantitative estimate of drug-likeness (QED) is 0.294. The zero-order chi connectivity index (χ0) is 12.3. The van der Waals surface area contributed by atoms with E-state index in [1.807, 2.05) is 0 Å². The fourth-order valence-electron chi connectivity index (χ4n) is 1.84. The first kappa shape index (κ1) is 15.7. The van der Waals surface area contributed by atoms with Gasteiger partial charge < -0.3 is 4.48 Å². The second kappa shape index (κ2) is 9.89. The molecule has 0 aromatic heterocycles. The van der Waals surface area contributed by atoms with Crippen LogP contribution < -0.4 is 0 Å². The molecule has 0 heterocycles. The van der Waals surface area contributed by atoms with Gasteiger partial charge in [-0.05, 0) is 32.1 Å². The molecule has 0 spiro atoms. The molecule has 0 N–H and O–H groups in total. The van der Waals surface area contributed by atoms with E-state index in [1.165, 1.54) is 57.9 Å². The molecule has 16 heavy (non-hydrogen) atoms. The number of hydrogen-bond donors (Lipinski definition) is 0. The first-order valence-corrected chi connectivity index (χ1v) is 7.01. The molecule has 0 bridgehead atoms. The Balaban J connectivity index is 3.07. The summed E-state index contributed by atoms with van der Waals surface area (Å²) in [6.45, 7) is 3.52. The van der Waals surface area contributed by atoms with Crippen LogP contribution in [0.25, 0.3) is 0 Å². The van der Waals surface area contributed by atoms with Gasteiger partial charge in [-0.2, -0.15) is 0 Å². The van der Waals surface area contributed by atoms with Gasteiger partial charge in [0, 0.05) is 0 Å². The minimum absolute atomic E-state index is 1.11. The van der Waals surface area contributed by atoms with E-state index in [9.17, 15) is 0 Å². The molecule has 0 unspecified atom stereocenters. The normalized spacial score (nSPS) is 12.5. The second-order valence-electron chi connectivity index (χ2n) is 5.80. The standard InChI is InChI=1S/C15H32N/c1-5-6-7-8-9-10-11-12-13-14-15-16(2,3)4/h6-7H,5,8-15H2,1-4H3/q+1. The maximum atomic E-state index is 2.33. The summed E-state index contributed by atoms with van der Waals surface area (Å²) >= 11 is 0.